The van der Waals surface area contributed by atoms with E-state index in [9.17, 15) is 5.11 Å². The SMILES string of the molecule is Cc1cc(C(=N)C(Cl)(Cl)Cl)c(C(C)C)cc1O. The molecule has 0 saturated heterocycles. The molecule has 94 valence electrons. The van der Waals surface area contributed by atoms with Crippen molar-refractivity contribution in [2.45, 2.75) is 30.5 Å². The van der Waals surface area contributed by atoms with Gasteiger partial charge in [0.1, 0.15) is 5.75 Å². The zero-order chi connectivity index (χ0) is 13.4. The molecule has 2 N–H and O–H groups in total. The molecule has 0 amide bonds. The van der Waals surface area contributed by atoms with Crippen LogP contribution in [0, 0.1) is 12.3 Å². The first kappa shape index (κ1) is 14.6. The van der Waals surface area contributed by atoms with E-state index in [2.05, 4.69) is 0 Å². The average Bonchev–Trinajstić information content (AvgIpc) is 2.18. The molecule has 1 aromatic rings. The molecule has 5 heteroatoms. The maximum absolute atomic E-state index is 9.69. The monoisotopic (exact) mass is 293 g/mol. The zero-order valence-electron chi connectivity index (χ0n) is 9.81. The van der Waals surface area contributed by atoms with Crippen molar-refractivity contribution in [1.82, 2.24) is 0 Å². The predicted octanol–water partition coefficient (Wildman–Crippen LogP) is 4.56. The fourth-order valence-corrected chi connectivity index (χ4v) is 1.86. The van der Waals surface area contributed by atoms with Crippen molar-refractivity contribution in [3.63, 3.8) is 0 Å². The molecule has 0 fully saturated rings. The van der Waals surface area contributed by atoms with Crippen LogP contribution in [-0.4, -0.2) is 14.6 Å². The van der Waals surface area contributed by atoms with Crippen LogP contribution in [0.1, 0.15) is 36.5 Å². The van der Waals surface area contributed by atoms with Gasteiger partial charge in [0.15, 0.2) is 0 Å². The molecular formula is C12H14Cl3NO. The largest absolute Gasteiger partial charge is 0.508 e. The minimum atomic E-state index is -1.76. The van der Waals surface area contributed by atoms with Gasteiger partial charge in [-0.2, -0.15) is 0 Å². The van der Waals surface area contributed by atoms with Crippen molar-refractivity contribution in [1.29, 1.82) is 5.41 Å². The van der Waals surface area contributed by atoms with Crippen LogP contribution in [0.15, 0.2) is 12.1 Å². The summed E-state index contributed by atoms with van der Waals surface area (Å²) in [6.07, 6.45) is 0. The number of hydrogen-bond acceptors (Lipinski definition) is 2. The topological polar surface area (TPSA) is 44.1 Å². The second kappa shape index (κ2) is 5.05. The summed E-state index contributed by atoms with van der Waals surface area (Å²) in [5.74, 6) is 0.318. The van der Waals surface area contributed by atoms with Gasteiger partial charge < -0.3 is 10.5 Å². The average molecular weight is 295 g/mol. The van der Waals surface area contributed by atoms with Gasteiger partial charge in [0, 0.05) is 5.56 Å². The van der Waals surface area contributed by atoms with E-state index in [4.69, 9.17) is 40.2 Å². The Morgan fingerprint density at radius 3 is 2.24 bits per heavy atom. The summed E-state index contributed by atoms with van der Waals surface area (Å²) < 4.78 is -1.76. The first-order chi connectivity index (χ1) is 7.64. The number of aromatic hydroxyl groups is 1. The molecule has 0 aliphatic rings. The molecule has 1 aromatic carbocycles. The molecular weight excluding hydrogens is 280 g/mol. The van der Waals surface area contributed by atoms with E-state index in [-0.39, 0.29) is 17.4 Å². The number of halogens is 3. The highest BCUT2D eigenvalue weighted by atomic mass is 35.6. The Labute approximate surface area is 116 Å². The van der Waals surface area contributed by atoms with Gasteiger partial charge >= 0.3 is 0 Å². The van der Waals surface area contributed by atoms with E-state index >= 15 is 0 Å². The third-order valence-electron chi connectivity index (χ3n) is 2.54. The molecule has 0 bridgehead atoms. The predicted molar refractivity (Wildman–Crippen MR) is 74.1 cm³/mol. The van der Waals surface area contributed by atoms with Gasteiger partial charge in [-0.05, 0) is 36.1 Å². The van der Waals surface area contributed by atoms with E-state index in [1.54, 1.807) is 19.1 Å². The first-order valence-corrected chi connectivity index (χ1v) is 6.27. The summed E-state index contributed by atoms with van der Waals surface area (Å²) in [4.78, 5) is 0. The summed E-state index contributed by atoms with van der Waals surface area (Å²) in [6.45, 7) is 5.66. The van der Waals surface area contributed by atoms with Crippen molar-refractivity contribution in [3.05, 3.63) is 28.8 Å². The lowest BCUT2D eigenvalue weighted by Crippen LogP contribution is -2.21. The Kier molecular flexibility index (Phi) is 4.34. The summed E-state index contributed by atoms with van der Waals surface area (Å²) in [5.41, 5.74) is 1.94. The lowest BCUT2D eigenvalue weighted by Gasteiger charge is -2.19. The number of rotatable bonds is 2. The second-order valence-electron chi connectivity index (χ2n) is 4.25. The number of aryl methyl sites for hydroxylation is 1. The van der Waals surface area contributed by atoms with Crippen molar-refractivity contribution < 1.29 is 5.11 Å². The fourth-order valence-electron chi connectivity index (χ4n) is 1.56. The third-order valence-corrected chi connectivity index (χ3v) is 3.11. The first-order valence-electron chi connectivity index (χ1n) is 5.14. The number of benzene rings is 1. The number of alkyl halides is 3. The molecule has 0 radical (unpaired) electrons. The van der Waals surface area contributed by atoms with Gasteiger partial charge in [0.25, 0.3) is 0 Å². The van der Waals surface area contributed by atoms with Crippen molar-refractivity contribution in [2.24, 2.45) is 0 Å². The highest BCUT2D eigenvalue weighted by Gasteiger charge is 2.30. The molecule has 1 rings (SSSR count). The van der Waals surface area contributed by atoms with Crippen LogP contribution in [-0.2, 0) is 0 Å². The van der Waals surface area contributed by atoms with Crippen molar-refractivity contribution in [3.8, 4) is 5.75 Å². The normalized spacial score (nSPS) is 11.9. The fraction of sp³-hybridized carbons (Fsp3) is 0.417. The highest BCUT2D eigenvalue weighted by molar-refractivity contribution is 6.77. The Morgan fingerprint density at radius 2 is 1.82 bits per heavy atom. The molecule has 0 spiro atoms. The van der Waals surface area contributed by atoms with E-state index in [1.165, 1.54) is 0 Å². The van der Waals surface area contributed by atoms with Crippen molar-refractivity contribution in [2.75, 3.05) is 0 Å². The molecule has 0 atom stereocenters. The second-order valence-corrected chi connectivity index (χ2v) is 6.53. The molecule has 0 heterocycles. The minimum absolute atomic E-state index is 0.0747. The van der Waals surface area contributed by atoms with Crippen LogP contribution in [0.3, 0.4) is 0 Å². The van der Waals surface area contributed by atoms with E-state index in [0.717, 1.165) is 5.56 Å². The van der Waals surface area contributed by atoms with Gasteiger partial charge in [-0.25, -0.2) is 0 Å². The molecule has 0 saturated carbocycles. The van der Waals surface area contributed by atoms with E-state index in [1.807, 2.05) is 13.8 Å². The standard InChI is InChI=1S/C12H14Cl3NO/c1-6(2)8-5-10(17)7(3)4-9(8)11(16)12(13,14)15/h4-6,16-17H,1-3H3. The maximum Gasteiger partial charge on any atom is 0.232 e. The highest BCUT2D eigenvalue weighted by Crippen LogP contribution is 2.35. The molecule has 0 unspecified atom stereocenters. The number of nitrogens with one attached hydrogen (secondary N) is 1. The van der Waals surface area contributed by atoms with E-state index in [0.29, 0.717) is 11.1 Å². The maximum atomic E-state index is 9.69. The zero-order valence-corrected chi connectivity index (χ0v) is 12.1. The number of hydrogen-bond donors (Lipinski definition) is 2. The minimum Gasteiger partial charge on any atom is -0.508 e. The quantitative estimate of drug-likeness (QED) is 0.609. The van der Waals surface area contributed by atoms with Gasteiger partial charge in [0.2, 0.25) is 3.79 Å². The molecule has 0 aromatic heterocycles. The smallest absolute Gasteiger partial charge is 0.232 e. The van der Waals surface area contributed by atoms with Crippen LogP contribution in [0.25, 0.3) is 0 Å². The Morgan fingerprint density at radius 1 is 1.29 bits per heavy atom. The van der Waals surface area contributed by atoms with Gasteiger partial charge in [0.05, 0.1) is 5.71 Å². The molecule has 17 heavy (non-hydrogen) atoms. The molecule has 0 aliphatic heterocycles. The Hall–Kier alpha value is -0.440. The Balaban J connectivity index is 3.41. The van der Waals surface area contributed by atoms with Gasteiger partial charge in [-0.3, -0.25) is 0 Å². The van der Waals surface area contributed by atoms with E-state index < -0.39 is 3.79 Å². The number of phenolic OH excluding ortho intramolecular Hbond substituents is 1. The Bertz CT molecular complexity index is 450. The van der Waals surface area contributed by atoms with Crippen LogP contribution in [0.2, 0.25) is 0 Å². The summed E-state index contributed by atoms with van der Waals surface area (Å²) in [6, 6.07) is 3.30. The van der Waals surface area contributed by atoms with Gasteiger partial charge in [-0.15, -0.1) is 0 Å². The third kappa shape index (κ3) is 3.27. The summed E-state index contributed by atoms with van der Waals surface area (Å²) in [7, 11) is 0. The number of phenols is 1. The van der Waals surface area contributed by atoms with Gasteiger partial charge in [-0.1, -0.05) is 48.7 Å². The lowest BCUT2D eigenvalue weighted by atomic mass is 9.92. The lowest BCUT2D eigenvalue weighted by molar-refractivity contribution is 0.470. The molecule has 2 nitrogen and oxygen atoms in total. The summed E-state index contributed by atoms with van der Waals surface area (Å²) in [5, 5.41) is 17.6. The van der Waals surface area contributed by atoms with Crippen molar-refractivity contribution >= 4 is 40.5 Å². The van der Waals surface area contributed by atoms with Crippen LogP contribution in [0.5, 0.6) is 5.75 Å². The van der Waals surface area contributed by atoms with Crippen LogP contribution < -0.4 is 0 Å². The van der Waals surface area contributed by atoms with Crippen LogP contribution in [0.4, 0.5) is 0 Å². The summed E-state index contributed by atoms with van der Waals surface area (Å²) >= 11 is 17.2. The molecule has 0 aliphatic carbocycles. The van der Waals surface area contributed by atoms with Crippen LogP contribution >= 0.6 is 34.8 Å².